The summed E-state index contributed by atoms with van der Waals surface area (Å²) in [7, 11) is 0. The summed E-state index contributed by atoms with van der Waals surface area (Å²) < 4.78 is 27.2. The molecule has 0 radical (unpaired) electrons. The molecule has 2 aromatic rings. The summed E-state index contributed by atoms with van der Waals surface area (Å²) in [6.45, 7) is 6.93. The zero-order valence-corrected chi connectivity index (χ0v) is 27.3. The Balaban J connectivity index is 1.41. The Hall–Kier alpha value is -2.36. The van der Waals surface area contributed by atoms with Gasteiger partial charge in [-0.3, -0.25) is 0 Å². The summed E-state index contributed by atoms with van der Waals surface area (Å²) in [4.78, 5) is 0. The highest BCUT2D eigenvalue weighted by Gasteiger charge is 2.49. The van der Waals surface area contributed by atoms with E-state index >= 15 is 0 Å². The number of fused-ring (bicyclic) bond motifs is 1. The number of hydrogen-bond donors (Lipinski definition) is 0. The van der Waals surface area contributed by atoms with Crippen molar-refractivity contribution in [2.75, 3.05) is 0 Å². The van der Waals surface area contributed by atoms with Crippen molar-refractivity contribution < 1.29 is 18.9 Å². The summed E-state index contributed by atoms with van der Waals surface area (Å²) in [6.07, 6.45) is 23.3. The molecule has 43 heavy (non-hydrogen) atoms. The van der Waals surface area contributed by atoms with Crippen molar-refractivity contribution in [2.45, 2.75) is 172 Å². The molecule has 0 saturated heterocycles. The van der Waals surface area contributed by atoms with E-state index in [1.807, 2.05) is 0 Å². The first kappa shape index (κ1) is 30.7. The van der Waals surface area contributed by atoms with Crippen molar-refractivity contribution in [1.29, 1.82) is 0 Å². The van der Waals surface area contributed by atoms with Gasteiger partial charge in [0.1, 0.15) is 28.6 Å². The average Bonchev–Trinajstić information content (AvgIpc) is 3.05. The SMILES string of the molecule is CCC1(CC)CC(CC)(c2ccc(OC3CCCCC3)cc2OC2CCCCC2)c2ccc(OC3CCCCC3)cc2O1. The molecule has 1 heterocycles. The lowest BCUT2D eigenvalue weighted by Crippen LogP contribution is -2.48. The average molecular weight is 589 g/mol. The van der Waals surface area contributed by atoms with Gasteiger partial charge in [-0.1, -0.05) is 52.2 Å². The lowest BCUT2D eigenvalue weighted by atomic mass is 9.63. The fraction of sp³-hybridized carbons (Fsp3) is 0.692. The second kappa shape index (κ2) is 13.7. The van der Waals surface area contributed by atoms with Crippen LogP contribution < -0.4 is 18.9 Å². The third-order valence-corrected chi connectivity index (χ3v) is 11.3. The van der Waals surface area contributed by atoms with Gasteiger partial charge in [-0.15, -0.1) is 0 Å². The first-order chi connectivity index (χ1) is 21.1. The van der Waals surface area contributed by atoms with Crippen LogP contribution in [0.1, 0.15) is 154 Å². The predicted octanol–water partition coefficient (Wildman–Crippen LogP) is 10.9. The Morgan fingerprint density at radius 2 is 1.07 bits per heavy atom. The molecule has 1 unspecified atom stereocenters. The zero-order valence-electron chi connectivity index (χ0n) is 27.3. The van der Waals surface area contributed by atoms with E-state index < -0.39 is 0 Å². The molecule has 4 heteroatoms. The zero-order chi connectivity index (χ0) is 29.7. The molecule has 0 aromatic heterocycles. The highest BCUT2D eigenvalue weighted by molar-refractivity contribution is 5.57. The smallest absolute Gasteiger partial charge is 0.127 e. The van der Waals surface area contributed by atoms with E-state index in [1.54, 1.807) is 0 Å². The Bertz CT molecular complexity index is 1180. The molecule has 0 amide bonds. The van der Waals surface area contributed by atoms with Gasteiger partial charge >= 0.3 is 0 Å². The molecule has 0 spiro atoms. The van der Waals surface area contributed by atoms with E-state index in [4.69, 9.17) is 18.9 Å². The molecule has 2 aromatic carbocycles. The minimum absolute atomic E-state index is 0.212. The maximum atomic E-state index is 7.03. The van der Waals surface area contributed by atoms with Crippen LogP contribution in [0.2, 0.25) is 0 Å². The number of rotatable bonds is 10. The van der Waals surface area contributed by atoms with Gasteiger partial charge in [0.05, 0.1) is 18.3 Å². The molecular formula is C39H56O4. The summed E-state index contributed by atoms with van der Waals surface area (Å²) >= 11 is 0. The van der Waals surface area contributed by atoms with Gasteiger partial charge in [0.2, 0.25) is 0 Å². The lowest BCUT2D eigenvalue weighted by Gasteiger charge is -2.49. The van der Waals surface area contributed by atoms with Gasteiger partial charge in [-0.2, -0.15) is 0 Å². The van der Waals surface area contributed by atoms with Crippen LogP contribution in [0.15, 0.2) is 36.4 Å². The Labute approximate surface area is 261 Å². The van der Waals surface area contributed by atoms with E-state index in [9.17, 15) is 0 Å². The minimum Gasteiger partial charge on any atom is -0.490 e. The van der Waals surface area contributed by atoms with Crippen LogP contribution in [0.4, 0.5) is 0 Å². The molecule has 3 aliphatic carbocycles. The maximum absolute atomic E-state index is 7.03. The van der Waals surface area contributed by atoms with Gasteiger partial charge in [0.15, 0.2) is 0 Å². The van der Waals surface area contributed by atoms with E-state index in [0.717, 1.165) is 87.2 Å². The minimum atomic E-state index is -0.230. The third kappa shape index (κ3) is 6.69. The molecule has 4 nitrogen and oxygen atoms in total. The molecular weight excluding hydrogens is 532 g/mol. The molecule has 1 aliphatic heterocycles. The molecule has 3 saturated carbocycles. The van der Waals surface area contributed by atoms with Crippen LogP contribution in [0.25, 0.3) is 0 Å². The van der Waals surface area contributed by atoms with Crippen LogP contribution >= 0.6 is 0 Å². The molecule has 3 fully saturated rings. The normalized spacial score (nSPS) is 25.0. The third-order valence-electron chi connectivity index (χ3n) is 11.3. The fourth-order valence-electron chi connectivity index (χ4n) is 8.54. The largest absolute Gasteiger partial charge is 0.490 e. The van der Waals surface area contributed by atoms with Crippen LogP contribution in [0, 0.1) is 0 Å². The van der Waals surface area contributed by atoms with E-state index in [2.05, 4.69) is 57.2 Å². The van der Waals surface area contributed by atoms with Crippen molar-refractivity contribution in [3.05, 3.63) is 47.5 Å². The first-order valence-electron chi connectivity index (χ1n) is 18.0. The fourth-order valence-corrected chi connectivity index (χ4v) is 8.54. The van der Waals surface area contributed by atoms with Crippen LogP contribution in [-0.2, 0) is 5.41 Å². The number of benzene rings is 2. The van der Waals surface area contributed by atoms with Crippen molar-refractivity contribution in [3.63, 3.8) is 0 Å². The first-order valence-corrected chi connectivity index (χ1v) is 18.0. The maximum Gasteiger partial charge on any atom is 0.127 e. The highest BCUT2D eigenvalue weighted by atomic mass is 16.5. The summed E-state index contributed by atoms with van der Waals surface area (Å²) in [5, 5.41) is 0. The van der Waals surface area contributed by atoms with Crippen LogP contribution in [0.3, 0.4) is 0 Å². The second-order valence-corrected chi connectivity index (χ2v) is 14.1. The molecule has 0 N–H and O–H groups in total. The van der Waals surface area contributed by atoms with Crippen LogP contribution in [-0.4, -0.2) is 23.9 Å². The standard InChI is InChI=1S/C39H56O4/c1-4-38(5-2)28-39(6-3,35-25-23-33(27-37(35)43-38)41-30-18-12-8-13-19-30)34-24-22-32(40-29-16-10-7-11-17-29)26-36(34)42-31-20-14-9-15-21-31/h22-27,29-31H,4-21,28H2,1-3H3. The van der Waals surface area contributed by atoms with Gasteiger partial charge in [0.25, 0.3) is 0 Å². The van der Waals surface area contributed by atoms with Crippen molar-refractivity contribution >= 4 is 0 Å². The second-order valence-electron chi connectivity index (χ2n) is 14.1. The molecule has 0 bridgehead atoms. The molecule has 1 atom stereocenters. The number of ether oxygens (including phenoxy) is 4. The van der Waals surface area contributed by atoms with E-state index in [0.29, 0.717) is 12.2 Å². The van der Waals surface area contributed by atoms with Crippen molar-refractivity contribution in [1.82, 2.24) is 0 Å². The van der Waals surface area contributed by atoms with E-state index in [-0.39, 0.29) is 17.1 Å². The Morgan fingerprint density at radius 1 is 0.581 bits per heavy atom. The van der Waals surface area contributed by atoms with Crippen molar-refractivity contribution in [3.8, 4) is 23.0 Å². The molecule has 4 aliphatic rings. The van der Waals surface area contributed by atoms with Gasteiger partial charge in [-0.25, -0.2) is 0 Å². The van der Waals surface area contributed by atoms with Crippen molar-refractivity contribution in [2.24, 2.45) is 0 Å². The Morgan fingerprint density at radius 3 is 1.58 bits per heavy atom. The number of hydrogen-bond acceptors (Lipinski definition) is 4. The quantitative estimate of drug-likeness (QED) is 0.277. The van der Waals surface area contributed by atoms with Gasteiger partial charge in [0, 0.05) is 35.1 Å². The topological polar surface area (TPSA) is 36.9 Å². The summed E-state index contributed by atoms with van der Waals surface area (Å²) in [5.74, 6) is 3.94. The summed E-state index contributed by atoms with van der Waals surface area (Å²) in [5.41, 5.74) is 2.13. The predicted molar refractivity (Wildman–Crippen MR) is 175 cm³/mol. The lowest BCUT2D eigenvalue weighted by molar-refractivity contribution is 0.0102. The highest BCUT2D eigenvalue weighted by Crippen LogP contribution is 2.56. The molecule has 236 valence electrons. The van der Waals surface area contributed by atoms with Gasteiger partial charge < -0.3 is 18.9 Å². The van der Waals surface area contributed by atoms with E-state index in [1.165, 1.54) is 68.9 Å². The van der Waals surface area contributed by atoms with Crippen LogP contribution in [0.5, 0.6) is 23.0 Å². The summed E-state index contributed by atoms with van der Waals surface area (Å²) in [6, 6.07) is 13.5. The Kier molecular flexibility index (Phi) is 9.79. The monoisotopic (exact) mass is 588 g/mol. The molecule has 6 rings (SSSR count). The van der Waals surface area contributed by atoms with Gasteiger partial charge in [-0.05, 0) is 108 Å².